The van der Waals surface area contributed by atoms with Crippen LogP contribution in [0, 0.1) is 0 Å². The summed E-state index contributed by atoms with van der Waals surface area (Å²) in [5.41, 5.74) is 3.01. The number of amidine groups is 1. The molecule has 1 heterocycles. The van der Waals surface area contributed by atoms with E-state index in [9.17, 15) is 9.90 Å². The number of ether oxygens (including phenoxy) is 1. The number of nitrogens with zero attached hydrogens (tertiary/aromatic N) is 1. The van der Waals surface area contributed by atoms with Crippen molar-refractivity contribution in [3.63, 3.8) is 0 Å². The number of rotatable bonds is 4. The minimum Gasteiger partial charge on any atom is -0.508 e. The van der Waals surface area contributed by atoms with Crippen LogP contribution in [0.3, 0.4) is 0 Å². The summed E-state index contributed by atoms with van der Waals surface area (Å²) in [6.07, 6.45) is 1.92. The molecule has 0 bridgehead atoms. The van der Waals surface area contributed by atoms with Crippen LogP contribution in [-0.2, 0) is 9.53 Å². The zero-order valence-corrected chi connectivity index (χ0v) is 13.9. The smallest absolute Gasteiger partial charge is 0.338 e. The third-order valence-electron chi connectivity index (χ3n) is 3.37. The van der Waals surface area contributed by atoms with E-state index in [1.54, 1.807) is 25.1 Å². The van der Waals surface area contributed by atoms with Gasteiger partial charge in [0.15, 0.2) is 0 Å². The summed E-state index contributed by atoms with van der Waals surface area (Å²) in [6.45, 7) is 7.86. The van der Waals surface area contributed by atoms with Gasteiger partial charge in [0.2, 0.25) is 0 Å². The first-order chi connectivity index (χ1) is 10.9. The van der Waals surface area contributed by atoms with Crippen LogP contribution in [0.2, 0.25) is 0 Å². The summed E-state index contributed by atoms with van der Waals surface area (Å²) in [5.74, 6) is 0.426. The van der Waals surface area contributed by atoms with Crippen molar-refractivity contribution in [2.45, 2.75) is 33.7 Å². The lowest BCUT2D eigenvalue weighted by molar-refractivity contribution is -0.138. The largest absolute Gasteiger partial charge is 0.508 e. The number of aliphatic imine (C=N–C) groups is 1. The minimum atomic E-state index is -0.506. The van der Waals surface area contributed by atoms with Crippen LogP contribution in [-0.4, -0.2) is 23.5 Å². The number of phenolic OH excluding ortho intramolecular Hbond substituents is 1. The predicted molar refractivity (Wildman–Crippen MR) is 90.2 cm³/mol. The highest BCUT2D eigenvalue weighted by Gasteiger charge is 2.29. The molecule has 5 nitrogen and oxygen atoms in total. The number of esters is 1. The Labute approximate surface area is 136 Å². The Morgan fingerprint density at radius 1 is 1.43 bits per heavy atom. The molecule has 0 saturated heterocycles. The molecule has 1 atom stereocenters. The van der Waals surface area contributed by atoms with Gasteiger partial charge in [-0.25, -0.2) is 4.79 Å². The normalized spacial score (nSPS) is 17.2. The van der Waals surface area contributed by atoms with Gasteiger partial charge in [-0.15, -0.1) is 0 Å². The van der Waals surface area contributed by atoms with Crippen LogP contribution in [0.25, 0.3) is 0 Å². The van der Waals surface area contributed by atoms with Crippen molar-refractivity contribution in [1.82, 2.24) is 5.32 Å². The molecule has 1 aromatic rings. The molecule has 0 aromatic heterocycles. The van der Waals surface area contributed by atoms with Gasteiger partial charge in [-0.05, 0) is 51.5 Å². The molecule has 2 N–H and O–H groups in total. The first-order valence-corrected chi connectivity index (χ1v) is 7.59. The van der Waals surface area contributed by atoms with E-state index in [0.29, 0.717) is 23.7 Å². The van der Waals surface area contributed by atoms with Gasteiger partial charge in [-0.3, -0.25) is 4.99 Å². The molecule has 0 amide bonds. The van der Waals surface area contributed by atoms with Crippen molar-refractivity contribution in [1.29, 1.82) is 0 Å². The fourth-order valence-electron chi connectivity index (χ4n) is 2.46. The monoisotopic (exact) mass is 314 g/mol. The molecule has 5 heteroatoms. The van der Waals surface area contributed by atoms with E-state index in [-0.39, 0.29) is 5.75 Å². The summed E-state index contributed by atoms with van der Waals surface area (Å²) in [7, 11) is 0. The quantitative estimate of drug-likeness (QED) is 0.837. The average molecular weight is 314 g/mol. The summed E-state index contributed by atoms with van der Waals surface area (Å²) in [5, 5.41) is 12.9. The Hall–Kier alpha value is -2.56. The van der Waals surface area contributed by atoms with E-state index >= 15 is 0 Å². The average Bonchev–Trinajstić information content (AvgIpc) is 2.46. The SMILES string of the molecule is CCOC(=O)C1=C(C)NC(C=C(C)C)=NC1c1cccc(O)c1. The van der Waals surface area contributed by atoms with E-state index in [2.05, 4.69) is 10.3 Å². The van der Waals surface area contributed by atoms with Crippen molar-refractivity contribution >= 4 is 11.8 Å². The Bertz CT molecular complexity index is 698. The number of carbonyl (C=O) groups is 1. The van der Waals surface area contributed by atoms with Crippen molar-refractivity contribution in [2.75, 3.05) is 6.61 Å². The highest BCUT2D eigenvalue weighted by molar-refractivity contribution is 6.00. The Morgan fingerprint density at radius 2 is 2.17 bits per heavy atom. The molecular formula is C18H22N2O3. The van der Waals surface area contributed by atoms with E-state index < -0.39 is 12.0 Å². The lowest BCUT2D eigenvalue weighted by Gasteiger charge is -2.25. The molecule has 2 rings (SSSR count). The van der Waals surface area contributed by atoms with Gasteiger partial charge in [0, 0.05) is 5.70 Å². The summed E-state index contributed by atoms with van der Waals surface area (Å²) < 4.78 is 5.17. The van der Waals surface area contributed by atoms with Crippen LogP contribution in [0.1, 0.15) is 39.3 Å². The minimum absolute atomic E-state index is 0.140. The van der Waals surface area contributed by atoms with Crippen molar-refractivity contribution in [2.24, 2.45) is 4.99 Å². The predicted octanol–water partition coefficient (Wildman–Crippen LogP) is 3.24. The Morgan fingerprint density at radius 3 is 2.78 bits per heavy atom. The van der Waals surface area contributed by atoms with E-state index in [4.69, 9.17) is 4.74 Å². The lowest BCUT2D eigenvalue weighted by Crippen LogP contribution is -2.31. The standard InChI is InChI=1S/C18H22N2O3/c1-5-23-18(22)16-12(4)19-15(9-11(2)3)20-17(16)13-7-6-8-14(21)10-13/h6-10,17,21H,5H2,1-4H3,(H,19,20). The molecule has 1 unspecified atom stereocenters. The van der Waals surface area contributed by atoms with Gasteiger partial charge < -0.3 is 15.2 Å². The summed E-state index contributed by atoms with van der Waals surface area (Å²) in [4.78, 5) is 17.0. The maximum atomic E-state index is 12.3. The molecule has 0 saturated carbocycles. The van der Waals surface area contributed by atoms with E-state index in [1.807, 2.05) is 32.9 Å². The molecule has 1 aromatic carbocycles. The second-order valence-corrected chi connectivity index (χ2v) is 5.62. The Kier molecular flexibility index (Phi) is 5.21. The van der Waals surface area contributed by atoms with E-state index in [1.165, 1.54) is 0 Å². The molecule has 0 spiro atoms. The van der Waals surface area contributed by atoms with Crippen LogP contribution >= 0.6 is 0 Å². The fourth-order valence-corrected chi connectivity index (χ4v) is 2.46. The molecule has 23 heavy (non-hydrogen) atoms. The topological polar surface area (TPSA) is 70.9 Å². The highest BCUT2D eigenvalue weighted by atomic mass is 16.5. The molecule has 0 radical (unpaired) electrons. The zero-order chi connectivity index (χ0) is 17.0. The third kappa shape index (κ3) is 4.00. The first-order valence-electron chi connectivity index (χ1n) is 7.59. The van der Waals surface area contributed by atoms with Crippen LogP contribution in [0.5, 0.6) is 5.75 Å². The van der Waals surface area contributed by atoms with Crippen LogP contribution in [0.15, 0.2) is 52.2 Å². The van der Waals surface area contributed by atoms with Crippen molar-refractivity contribution in [3.8, 4) is 5.75 Å². The fraction of sp³-hybridized carbons (Fsp3) is 0.333. The second-order valence-electron chi connectivity index (χ2n) is 5.62. The van der Waals surface area contributed by atoms with Crippen molar-refractivity contribution in [3.05, 3.63) is 52.7 Å². The summed E-state index contributed by atoms with van der Waals surface area (Å²) >= 11 is 0. The van der Waals surface area contributed by atoms with Gasteiger partial charge in [-0.1, -0.05) is 17.7 Å². The molecule has 0 fully saturated rings. The third-order valence-corrected chi connectivity index (χ3v) is 3.37. The number of phenols is 1. The van der Waals surface area contributed by atoms with Gasteiger partial charge >= 0.3 is 5.97 Å². The Balaban J connectivity index is 2.51. The number of allylic oxidation sites excluding steroid dienone is 2. The van der Waals surface area contributed by atoms with Crippen LogP contribution < -0.4 is 5.32 Å². The van der Waals surface area contributed by atoms with E-state index in [0.717, 1.165) is 11.1 Å². The molecular weight excluding hydrogens is 292 g/mol. The van der Waals surface area contributed by atoms with Crippen LogP contribution in [0.4, 0.5) is 0 Å². The number of nitrogens with one attached hydrogen (secondary N) is 1. The van der Waals surface area contributed by atoms with Gasteiger partial charge in [0.25, 0.3) is 0 Å². The highest BCUT2D eigenvalue weighted by Crippen LogP contribution is 2.33. The van der Waals surface area contributed by atoms with Gasteiger partial charge in [0.1, 0.15) is 17.6 Å². The second kappa shape index (κ2) is 7.13. The zero-order valence-electron chi connectivity index (χ0n) is 13.9. The number of hydrogen-bond donors (Lipinski definition) is 2. The summed E-state index contributed by atoms with van der Waals surface area (Å²) in [6, 6.07) is 6.28. The molecule has 122 valence electrons. The van der Waals surface area contributed by atoms with Crippen molar-refractivity contribution < 1.29 is 14.6 Å². The maximum Gasteiger partial charge on any atom is 0.338 e. The van der Waals surface area contributed by atoms with Gasteiger partial charge in [-0.2, -0.15) is 0 Å². The number of aromatic hydroxyl groups is 1. The van der Waals surface area contributed by atoms with Gasteiger partial charge in [0.05, 0.1) is 12.2 Å². The molecule has 1 aliphatic rings. The lowest BCUT2D eigenvalue weighted by atomic mass is 9.95. The molecule has 1 aliphatic heterocycles. The number of carbonyl (C=O) groups excluding carboxylic acids is 1. The maximum absolute atomic E-state index is 12.3. The molecule has 0 aliphatic carbocycles. The number of benzene rings is 1. The first kappa shape index (κ1) is 16.8. The number of hydrogen-bond acceptors (Lipinski definition) is 5.